The Hall–Kier alpha value is 0.371. The second-order valence-corrected chi connectivity index (χ2v) is 3.04. The Balaban J connectivity index is 0.00000196. The molecule has 0 aliphatic heterocycles. The topological polar surface area (TPSA) is 16.1 Å². The Morgan fingerprint density at radius 3 is 2.13 bits per heavy atom. The molecule has 0 spiro atoms. The second kappa shape index (κ2) is 5.63. The van der Waals surface area contributed by atoms with Gasteiger partial charge >= 0.3 is 58.4 Å². The van der Waals surface area contributed by atoms with E-state index in [2.05, 4.69) is 4.98 Å². The molecule has 0 amide bonds. The van der Waals surface area contributed by atoms with Crippen molar-refractivity contribution in [2.24, 2.45) is 0 Å². The third-order valence-corrected chi connectivity index (χ3v) is 1.64. The van der Waals surface area contributed by atoms with Gasteiger partial charge in [-0.3, -0.25) is 0 Å². The Morgan fingerprint density at radius 1 is 1.27 bits per heavy atom. The third kappa shape index (κ3) is 4.03. The number of hydrogen-bond acceptors (Lipinski definition) is 2. The summed E-state index contributed by atoms with van der Waals surface area (Å²) in [4.78, 5) is 4.70. The molecule has 1 rings (SSSR count). The standard InChI is InChI=1S/C7H8BF4N2.K/c1-14(2)7-6(9)3-5(4-13-7)8(10,11)12;/h3-4H,1-2H3;/q-1;+1. The van der Waals surface area contributed by atoms with E-state index in [1.807, 2.05) is 0 Å². The molecule has 0 radical (unpaired) electrons. The molecule has 8 heteroatoms. The van der Waals surface area contributed by atoms with Crippen LogP contribution in [0.4, 0.5) is 23.2 Å². The zero-order chi connectivity index (χ0) is 10.9. The monoisotopic (exact) mass is 246 g/mol. The van der Waals surface area contributed by atoms with Gasteiger partial charge in [-0.1, -0.05) is 5.46 Å². The predicted molar refractivity (Wildman–Crippen MR) is 47.2 cm³/mol. The van der Waals surface area contributed by atoms with Crippen LogP contribution in [0.1, 0.15) is 0 Å². The Bertz CT molecular complexity index is 342. The SMILES string of the molecule is CN(C)c1ncc([B-](F)(F)F)cc1F.[K+]. The predicted octanol–water partition coefficient (Wildman–Crippen LogP) is -1.65. The molecule has 1 aromatic rings. The van der Waals surface area contributed by atoms with E-state index >= 15 is 0 Å². The van der Waals surface area contributed by atoms with Crippen molar-refractivity contribution < 1.29 is 68.7 Å². The number of hydrogen-bond donors (Lipinski definition) is 0. The van der Waals surface area contributed by atoms with E-state index in [1.165, 1.54) is 19.0 Å². The molecule has 1 aromatic heterocycles. The van der Waals surface area contributed by atoms with Gasteiger partial charge in [0.1, 0.15) is 0 Å². The smallest absolute Gasteiger partial charge is 0.445 e. The number of halogens is 4. The third-order valence-electron chi connectivity index (χ3n) is 1.64. The summed E-state index contributed by atoms with van der Waals surface area (Å²) in [6.07, 6.45) is 0.637. The van der Waals surface area contributed by atoms with Crippen molar-refractivity contribution in [2.75, 3.05) is 19.0 Å². The molecule has 0 aliphatic rings. The van der Waals surface area contributed by atoms with Crippen LogP contribution in [-0.4, -0.2) is 26.1 Å². The molecular formula is C7H8BF4KN2. The summed E-state index contributed by atoms with van der Waals surface area (Å²) in [6, 6.07) is 0.461. The molecule has 0 saturated heterocycles. The molecule has 1 heterocycles. The van der Waals surface area contributed by atoms with E-state index in [0.29, 0.717) is 12.3 Å². The number of rotatable bonds is 2. The Morgan fingerprint density at radius 2 is 1.80 bits per heavy atom. The van der Waals surface area contributed by atoms with Gasteiger partial charge in [0, 0.05) is 20.3 Å². The van der Waals surface area contributed by atoms with Crippen molar-refractivity contribution in [3.05, 3.63) is 18.1 Å². The molecule has 0 fully saturated rings. The average molecular weight is 246 g/mol. The Labute approximate surface area is 128 Å². The van der Waals surface area contributed by atoms with Crippen LogP contribution in [0.25, 0.3) is 0 Å². The molecule has 0 aromatic carbocycles. The van der Waals surface area contributed by atoms with E-state index < -0.39 is 18.3 Å². The number of nitrogens with zero attached hydrogens (tertiary/aromatic N) is 2. The summed E-state index contributed by atoms with van der Waals surface area (Å²) in [7, 11) is 3.01. The number of anilines is 1. The molecule has 0 saturated carbocycles. The molecule has 0 unspecified atom stereocenters. The van der Waals surface area contributed by atoms with Gasteiger partial charge in [-0.05, 0) is 6.07 Å². The molecule has 2 nitrogen and oxygen atoms in total. The van der Waals surface area contributed by atoms with E-state index in [4.69, 9.17) is 0 Å². The summed E-state index contributed by atoms with van der Waals surface area (Å²) in [5.41, 5.74) is -1.02. The molecule has 0 atom stereocenters. The summed E-state index contributed by atoms with van der Waals surface area (Å²) < 4.78 is 49.5. The zero-order valence-electron chi connectivity index (χ0n) is 8.64. The van der Waals surface area contributed by atoms with E-state index in [1.54, 1.807) is 0 Å². The summed E-state index contributed by atoms with van der Waals surface area (Å²) in [6.45, 7) is -5.18. The van der Waals surface area contributed by atoms with Crippen molar-refractivity contribution in [1.29, 1.82) is 0 Å². The minimum absolute atomic E-state index is 0. The first-order valence-electron chi connectivity index (χ1n) is 3.85. The molecule has 0 aliphatic carbocycles. The zero-order valence-corrected chi connectivity index (χ0v) is 11.8. The maximum Gasteiger partial charge on any atom is 1.00 e. The molecule has 15 heavy (non-hydrogen) atoms. The summed E-state index contributed by atoms with van der Waals surface area (Å²) in [5.74, 6) is -1.07. The Kier molecular flexibility index (Phi) is 5.77. The number of aromatic nitrogens is 1. The molecular weight excluding hydrogens is 238 g/mol. The van der Waals surface area contributed by atoms with Crippen molar-refractivity contribution in [3.63, 3.8) is 0 Å². The van der Waals surface area contributed by atoms with Gasteiger partial charge in [0.2, 0.25) is 0 Å². The van der Waals surface area contributed by atoms with E-state index in [0.717, 1.165) is 0 Å². The van der Waals surface area contributed by atoms with Gasteiger partial charge in [0.25, 0.3) is 0 Å². The minimum Gasteiger partial charge on any atom is -0.445 e. The van der Waals surface area contributed by atoms with Gasteiger partial charge < -0.3 is 17.8 Å². The van der Waals surface area contributed by atoms with Crippen LogP contribution in [0.5, 0.6) is 0 Å². The maximum absolute atomic E-state index is 13.0. The quantitative estimate of drug-likeness (QED) is 0.459. The van der Waals surface area contributed by atoms with Crippen LogP contribution >= 0.6 is 0 Å². The van der Waals surface area contributed by atoms with Gasteiger partial charge in [-0.2, -0.15) is 0 Å². The fourth-order valence-corrected chi connectivity index (χ4v) is 0.954. The van der Waals surface area contributed by atoms with Crippen molar-refractivity contribution >= 4 is 18.3 Å². The van der Waals surface area contributed by atoms with Crippen LogP contribution in [-0.2, 0) is 0 Å². The largest absolute Gasteiger partial charge is 1.00 e. The van der Waals surface area contributed by atoms with Crippen LogP contribution in [0.3, 0.4) is 0 Å². The summed E-state index contributed by atoms with van der Waals surface area (Å²) >= 11 is 0. The van der Waals surface area contributed by atoms with Crippen LogP contribution in [0.15, 0.2) is 12.3 Å². The van der Waals surface area contributed by atoms with Gasteiger partial charge in [0.15, 0.2) is 11.6 Å². The maximum atomic E-state index is 13.0. The van der Waals surface area contributed by atoms with Gasteiger partial charge in [0.05, 0.1) is 0 Å². The minimum atomic E-state index is -5.18. The normalized spacial score (nSPS) is 10.8. The van der Waals surface area contributed by atoms with Crippen molar-refractivity contribution in [3.8, 4) is 0 Å². The fourth-order valence-electron chi connectivity index (χ4n) is 0.954. The first-order valence-corrected chi connectivity index (χ1v) is 3.85. The van der Waals surface area contributed by atoms with Gasteiger partial charge in [-0.15, -0.1) is 0 Å². The second-order valence-electron chi connectivity index (χ2n) is 3.04. The first kappa shape index (κ1) is 15.4. The van der Waals surface area contributed by atoms with E-state index in [-0.39, 0.29) is 57.2 Å². The van der Waals surface area contributed by atoms with Crippen molar-refractivity contribution in [1.82, 2.24) is 4.98 Å². The average Bonchev–Trinajstić information content (AvgIpc) is 2.01. The van der Waals surface area contributed by atoms with Crippen LogP contribution < -0.4 is 61.7 Å². The van der Waals surface area contributed by atoms with E-state index in [9.17, 15) is 17.3 Å². The van der Waals surface area contributed by atoms with Crippen LogP contribution in [0, 0.1) is 5.82 Å². The molecule has 0 N–H and O–H groups in total. The fraction of sp³-hybridized carbons (Fsp3) is 0.286. The molecule has 78 valence electrons. The first-order chi connectivity index (χ1) is 6.32. The van der Waals surface area contributed by atoms with Crippen molar-refractivity contribution in [2.45, 2.75) is 0 Å². The van der Waals surface area contributed by atoms with Gasteiger partial charge in [-0.25, -0.2) is 9.37 Å². The van der Waals surface area contributed by atoms with Crippen LogP contribution in [0.2, 0.25) is 0 Å². The number of pyridine rings is 1. The summed E-state index contributed by atoms with van der Waals surface area (Å²) in [5, 5.41) is 0. The molecule has 0 bridgehead atoms.